The van der Waals surface area contributed by atoms with Gasteiger partial charge in [-0.05, 0) is 61.0 Å². The van der Waals surface area contributed by atoms with Crippen LogP contribution in [-0.4, -0.2) is 43.6 Å². The summed E-state index contributed by atoms with van der Waals surface area (Å²) in [6.07, 6.45) is 0. The van der Waals surface area contributed by atoms with Gasteiger partial charge in [-0.1, -0.05) is 35.3 Å². The first kappa shape index (κ1) is 27.0. The maximum absolute atomic E-state index is 13.4. The summed E-state index contributed by atoms with van der Waals surface area (Å²) in [5.74, 6) is -1.96. The standard InChI is InChI=1S/C28H23Cl2NO7/c1-4-38-28(35)16-5-9-18(10-6-16)31-23(15-7-11-19(36-2)12-8-15)22(25(33)27(31)34)24(32)17-13-20(29)26(37-3)21(30)14-17/h5-14,23,32H,4H2,1-3H3/b24-22+. The van der Waals surface area contributed by atoms with Crippen molar-refractivity contribution >= 4 is 52.3 Å². The van der Waals surface area contributed by atoms with Crippen LogP contribution >= 0.6 is 23.2 Å². The van der Waals surface area contributed by atoms with Crippen LogP contribution in [0.5, 0.6) is 11.5 Å². The van der Waals surface area contributed by atoms with Gasteiger partial charge in [0, 0.05) is 11.3 Å². The molecular formula is C28H23Cl2NO7. The number of rotatable bonds is 7. The van der Waals surface area contributed by atoms with Crippen molar-refractivity contribution in [2.45, 2.75) is 13.0 Å². The largest absolute Gasteiger partial charge is 0.507 e. The van der Waals surface area contributed by atoms with Gasteiger partial charge in [0.2, 0.25) is 0 Å². The van der Waals surface area contributed by atoms with Crippen molar-refractivity contribution in [3.8, 4) is 11.5 Å². The predicted molar refractivity (Wildman–Crippen MR) is 143 cm³/mol. The Balaban J connectivity index is 1.89. The summed E-state index contributed by atoms with van der Waals surface area (Å²) in [6, 6.07) is 14.6. The van der Waals surface area contributed by atoms with Crippen LogP contribution in [0.4, 0.5) is 5.69 Å². The summed E-state index contributed by atoms with van der Waals surface area (Å²) in [5.41, 5.74) is 1.13. The number of anilines is 1. The molecule has 196 valence electrons. The highest BCUT2D eigenvalue weighted by atomic mass is 35.5. The molecule has 1 saturated heterocycles. The van der Waals surface area contributed by atoms with Crippen LogP contribution in [0.15, 0.2) is 66.2 Å². The van der Waals surface area contributed by atoms with E-state index < -0.39 is 29.5 Å². The Labute approximate surface area is 228 Å². The molecule has 1 amide bonds. The topological polar surface area (TPSA) is 102 Å². The molecule has 1 unspecified atom stereocenters. The van der Waals surface area contributed by atoms with Crippen LogP contribution in [0.25, 0.3) is 5.76 Å². The fraction of sp³-hybridized carbons (Fsp3) is 0.179. The van der Waals surface area contributed by atoms with Gasteiger partial charge in [0.25, 0.3) is 11.7 Å². The van der Waals surface area contributed by atoms with E-state index in [-0.39, 0.29) is 39.1 Å². The molecule has 0 spiro atoms. The van der Waals surface area contributed by atoms with Crippen molar-refractivity contribution in [3.63, 3.8) is 0 Å². The number of ether oxygens (including phenoxy) is 3. The van der Waals surface area contributed by atoms with Gasteiger partial charge in [-0.15, -0.1) is 0 Å². The van der Waals surface area contributed by atoms with Gasteiger partial charge in [0.1, 0.15) is 11.5 Å². The monoisotopic (exact) mass is 555 g/mol. The Kier molecular flexibility index (Phi) is 7.94. The van der Waals surface area contributed by atoms with Crippen molar-refractivity contribution in [2.75, 3.05) is 25.7 Å². The number of carbonyl (C=O) groups excluding carboxylic acids is 3. The number of esters is 1. The fourth-order valence-corrected chi connectivity index (χ4v) is 4.86. The third-order valence-electron chi connectivity index (χ3n) is 6.01. The molecular weight excluding hydrogens is 533 g/mol. The lowest BCUT2D eigenvalue weighted by atomic mass is 9.95. The zero-order chi connectivity index (χ0) is 27.6. The summed E-state index contributed by atoms with van der Waals surface area (Å²) < 4.78 is 15.4. The lowest BCUT2D eigenvalue weighted by molar-refractivity contribution is -0.132. The average molecular weight is 556 g/mol. The minimum atomic E-state index is -1.01. The molecule has 0 bridgehead atoms. The van der Waals surface area contributed by atoms with Crippen LogP contribution in [0, 0.1) is 0 Å². The van der Waals surface area contributed by atoms with E-state index in [1.807, 2.05) is 0 Å². The number of ketones is 1. The minimum absolute atomic E-state index is 0.117. The molecule has 10 heteroatoms. The Hall–Kier alpha value is -4.01. The first-order valence-corrected chi connectivity index (χ1v) is 12.2. The third-order valence-corrected chi connectivity index (χ3v) is 6.57. The second kappa shape index (κ2) is 11.2. The van der Waals surface area contributed by atoms with Crippen molar-refractivity contribution in [3.05, 3.63) is 93.0 Å². The summed E-state index contributed by atoms with van der Waals surface area (Å²) in [5, 5.41) is 11.6. The number of Topliss-reactive ketones (excluding diaryl/α,β-unsaturated/α-hetero) is 1. The molecule has 0 radical (unpaired) electrons. The number of aliphatic hydroxyl groups excluding tert-OH is 1. The Morgan fingerprint density at radius 3 is 2.05 bits per heavy atom. The molecule has 1 aliphatic rings. The number of benzene rings is 3. The van der Waals surface area contributed by atoms with Crippen LogP contribution in [0.2, 0.25) is 10.0 Å². The number of halogens is 2. The summed E-state index contributed by atoms with van der Waals surface area (Å²) in [4.78, 5) is 40.1. The molecule has 1 heterocycles. The Morgan fingerprint density at radius 1 is 0.921 bits per heavy atom. The number of carbonyl (C=O) groups is 3. The number of nitrogens with zero attached hydrogens (tertiary/aromatic N) is 1. The number of aliphatic hydroxyl groups is 1. The van der Waals surface area contributed by atoms with Gasteiger partial charge >= 0.3 is 5.97 Å². The summed E-state index contributed by atoms with van der Waals surface area (Å²) >= 11 is 12.5. The van der Waals surface area contributed by atoms with E-state index in [9.17, 15) is 19.5 Å². The molecule has 0 aliphatic carbocycles. The molecule has 4 rings (SSSR count). The lowest BCUT2D eigenvalue weighted by Gasteiger charge is -2.25. The summed E-state index contributed by atoms with van der Waals surface area (Å²) in [7, 11) is 2.92. The van der Waals surface area contributed by atoms with E-state index in [4.69, 9.17) is 37.4 Å². The van der Waals surface area contributed by atoms with E-state index in [0.717, 1.165) is 0 Å². The molecule has 1 atom stereocenters. The van der Waals surface area contributed by atoms with Crippen molar-refractivity contribution < 1.29 is 33.7 Å². The van der Waals surface area contributed by atoms with E-state index >= 15 is 0 Å². The normalized spacial score (nSPS) is 16.4. The first-order valence-electron chi connectivity index (χ1n) is 11.5. The average Bonchev–Trinajstić information content (AvgIpc) is 3.18. The molecule has 1 fully saturated rings. The lowest BCUT2D eigenvalue weighted by Crippen LogP contribution is -2.29. The van der Waals surface area contributed by atoms with Crippen molar-refractivity contribution in [1.29, 1.82) is 0 Å². The minimum Gasteiger partial charge on any atom is -0.507 e. The van der Waals surface area contributed by atoms with Crippen molar-refractivity contribution in [2.24, 2.45) is 0 Å². The molecule has 0 saturated carbocycles. The zero-order valence-electron chi connectivity index (χ0n) is 20.7. The SMILES string of the molecule is CCOC(=O)c1ccc(N2C(=O)C(=O)/C(=C(/O)c3cc(Cl)c(OC)c(Cl)c3)C2c2ccc(OC)cc2)cc1. The number of amides is 1. The van der Waals surface area contributed by atoms with Crippen LogP contribution < -0.4 is 14.4 Å². The second-order valence-electron chi connectivity index (χ2n) is 8.18. The molecule has 1 N–H and O–H groups in total. The van der Waals surface area contributed by atoms with Gasteiger partial charge < -0.3 is 19.3 Å². The highest BCUT2D eigenvalue weighted by Crippen LogP contribution is 2.44. The Bertz CT molecular complexity index is 1410. The van der Waals surface area contributed by atoms with Gasteiger partial charge in [-0.25, -0.2) is 4.79 Å². The zero-order valence-corrected chi connectivity index (χ0v) is 22.2. The van der Waals surface area contributed by atoms with Gasteiger partial charge in [-0.3, -0.25) is 14.5 Å². The maximum atomic E-state index is 13.4. The number of hydrogen-bond acceptors (Lipinski definition) is 7. The summed E-state index contributed by atoms with van der Waals surface area (Å²) in [6.45, 7) is 1.91. The molecule has 0 aromatic heterocycles. The molecule has 3 aromatic carbocycles. The number of hydrogen-bond donors (Lipinski definition) is 1. The molecule has 1 aliphatic heterocycles. The van der Waals surface area contributed by atoms with Gasteiger partial charge in [0.05, 0.1) is 48.1 Å². The quantitative estimate of drug-likeness (QED) is 0.170. The van der Waals surface area contributed by atoms with Crippen LogP contribution in [0.3, 0.4) is 0 Å². The second-order valence-corrected chi connectivity index (χ2v) is 9.00. The molecule has 3 aromatic rings. The highest BCUT2D eigenvalue weighted by Gasteiger charge is 2.47. The fourth-order valence-electron chi connectivity index (χ4n) is 4.22. The third kappa shape index (κ3) is 4.92. The van der Waals surface area contributed by atoms with Gasteiger partial charge in [0.15, 0.2) is 5.75 Å². The molecule has 8 nitrogen and oxygen atoms in total. The first-order chi connectivity index (χ1) is 18.2. The molecule has 38 heavy (non-hydrogen) atoms. The van der Waals surface area contributed by atoms with E-state index in [1.165, 1.54) is 55.5 Å². The smallest absolute Gasteiger partial charge is 0.338 e. The van der Waals surface area contributed by atoms with E-state index in [0.29, 0.717) is 17.0 Å². The van der Waals surface area contributed by atoms with Crippen LogP contribution in [0.1, 0.15) is 34.5 Å². The maximum Gasteiger partial charge on any atom is 0.338 e. The van der Waals surface area contributed by atoms with Crippen molar-refractivity contribution in [1.82, 2.24) is 0 Å². The Morgan fingerprint density at radius 2 is 1.53 bits per heavy atom. The highest BCUT2D eigenvalue weighted by molar-refractivity contribution is 6.51. The van der Waals surface area contributed by atoms with E-state index in [1.54, 1.807) is 31.2 Å². The predicted octanol–water partition coefficient (Wildman–Crippen LogP) is 5.81. The van der Waals surface area contributed by atoms with Crippen LogP contribution in [-0.2, 0) is 14.3 Å². The van der Waals surface area contributed by atoms with Gasteiger partial charge in [-0.2, -0.15) is 0 Å². The number of methoxy groups -OCH3 is 2. The van der Waals surface area contributed by atoms with E-state index in [2.05, 4.69) is 0 Å².